The molecule has 1 N–H and O–H groups in total. The second-order valence-electron chi connectivity index (χ2n) is 5.28. The van der Waals surface area contributed by atoms with Gasteiger partial charge in [-0.1, -0.05) is 19.9 Å². The second kappa shape index (κ2) is 5.74. The molecule has 1 aliphatic rings. The Morgan fingerprint density at radius 1 is 1.42 bits per heavy atom. The number of rotatable bonds is 4. The Kier molecular flexibility index (Phi) is 4.24. The molecular weight excluding hydrogens is 260 g/mol. The lowest BCUT2D eigenvalue weighted by Crippen LogP contribution is -2.64. The number of amides is 2. The van der Waals surface area contributed by atoms with Crippen LogP contribution in [-0.4, -0.2) is 35.3 Å². The van der Waals surface area contributed by atoms with Crippen LogP contribution in [-0.2, 0) is 16.0 Å². The maximum absolute atomic E-state index is 12.3. The van der Waals surface area contributed by atoms with Gasteiger partial charge in [-0.3, -0.25) is 9.59 Å². The summed E-state index contributed by atoms with van der Waals surface area (Å²) >= 11 is 1.69. The third-order valence-corrected chi connectivity index (χ3v) is 4.36. The largest absolute Gasteiger partial charge is 0.343 e. The Bertz CT molecular complexity index is 456. The van der Waals surface area contributed by atoms with E-state index in [9.17, 15) is 9.59 Å². The number of piperazine rings is 1. The Morgan fingerprint density at radius 3 is 2.74 bits per heavy atom. The van der Waals surface area contributed by atoms with E-state index in [1.807, 2.05) is 25.3 Å². The molecule has 1 aliphatic heterocycles. The molecular formula is C14H20N2O2S. The van der Waals surface area contributed by atoms with Crippen LogP contribution in [0, 0.1) is 5.92 Å². The van der Waals surface area contributed by atoms with Crippen molar-refractivity contribution in [1.82, 2.24) is 10.2 Å². The van der Waals surface area contributed by atoms with Crippen LogP contribution in [0.5, 0.6) is 0 Å². The highest BCUT2D eigenvalue weighted by Gasteiger charge is 2.39. The summed E-state index contributed by atoms with van der Waals surface area (Å²) in [5, 5.41) is 4.79. The van der Waals surface area contributed by atoms with Crippen molar-refractivity contribution in [3.8, 4) is 0 Å². The molecule has 104 valence electrons. The first-order valence-electron chi connectivity index (χ1n) is 6.64. The quantitative estimate of drug-likeness (QED) is 0.912. The average molecular weight is 280 g/mol. The number of hydrogen-bond acceptors (Lipinski definition) is 3. The number of nitrogens with zero attached hydrogens (tertiary/aromatic N) is 1. The summed E-state index contributed by atoms with van der Waals surface area (Å²) in [7, 11) is 0. The van der Waals surface area contributed by atoms with E-state index >= 15 is 0 Å². The zero-order valence-corrected chi connectivity index (χ0v) is 12.4. The zero-order valence-electron chi connectivity index (χ0n) is 11.6. The maximum Gasteiger partial charge on any atom is 0.245 e. The van der Waals surface area contributed by atoms with E-state index < -0.39 is 6.04 Å². The molecule has 0 radical (unpaired) electrons. The van der Waals surface area contributed by atoms with Crippen molar-refractivity contribution in [3.63, 3.8) is 0 Å². The number of carbonyl (C=O) groups is 2. The summed E-state index contributed by atoms with van der Waals surface area (Å²) in [6, 6.07) is 3.31. The van der Waals surface area contributed by atoms with Gasteiger partial charge in [-0.2, -0.15) is 0 Å². The number of hydrogen-bond donors (Lipinski definition) is 1. The SMILES string of the molecule is CC1NC(=O)C(C(C)C)N(CCc2cccs2)C1=O. The Labute approximate surface area is 117 Å². The molecule has 2 rings (SSSR count). The monoisotopic (exact) mass is 280 g/mol. The zero-order chi connectivity index (χ0) is 14.0. The van der Waals surface area contributed by atoms with Gasteiger partial charge in [0.2, 0.25) is 11.8 Å². The molecule has 2 heterocycles. The summed E-state index contributed by atoms with van der Waals surface area (Å²) in [4.78, 5) is 27.3. The molecule has 2 unspecified atom stereocenters. The van der Waals surface area contributed by atoms with Gasteiger partial charge < -0.3 is 10.2 Å². The Morgan fingerprint density at radius 2 is 2.16 bits per heavy atom. The van der Waals surface area contributed by atoms with E-state index in [1.54, 1.807) is 23.2 Å². The highest BCUT2D eigenvalue weighted by atomic mass is 32.1. The van der Waals surface area contributed by atoms with Gasteiger partial charge in [-0.25, -0.2) is 0 Å². The Hall–Kier alpha value is -1.36. The predicted octanol–water partition coefficient (Wildman–Crippen LogP) is 1.66. The fourth-order valence-electron chi connectivity index (χ4n) is 2.49. The minimum absolute atomic E-state index is 0.0230. The van der Waals surface area contributed by atoms with Crippen LogP contribution in [0.4, 0.5) is 0 Å². The molecule has 4 nitrogen and oxygen atoms in total. The predicted molar refractivity (Wildman–Crippen MR) is 76.0 cm³/mol. The van der Waals surface area contributed by atoms with Crippen molar-refractivity contribution in [1.29, 1.82) is 0 Å². The standard InChI is InChI=1S/C14H20N2O2S/c1-9(2)12-13(17)15-10(3)14(18)16(12)7-6-11-5-4-8-19-11/h4-5,8-10,12H,6-7H2,1-3H3,(H,15,17). The first kappa shape index (κ1) is 14.1. The van der Waals surface area contributed by atoms with Crippen molar-refractivity contribution < 1.29 is 9.59 Å². The van der Waals surface area contributed by atoms with Gasteiger partial charge in [0.25, 0.3) is 0 Å². The molecule has 1 fully saturated rings. The molecule has 1 aromatic rings. The van der Waals surface area contributed by atoms with E-state index in [1.165, 1.54) is 4.88 Å². The average Bonchev–Trinajstić information content (AvgIpc) is 2.84. The van der Waals surface area contributed by atoms with Crippen molar-refractivity contribution >= 4 is 23.2 Å². The third kappa shape index (κ3) is 2.97. The van der Waals surface area contributed by atoms with Crippen molar-refractivity contribution in [2.75, 3.05) is 6.54 Å². The van der Waals surface area contributed by atoms with Gasteiger partial charge in [-0.05, 0) is 30.7 Å². The molecule has 0 aliphatic carbocycles. The van der Waals surface area contributed by atoms with Crippen molar-refractivity contribution in [2.24, 2.45) is 5.92 Å². The smallest absolute Gasteiger partial charge is 0.245 e. The second-order valence-corrected chi connectivity index (χ2v) is 6.31. The number of carbonyl (C=O) groups excluding carboxylic acids is 2. The molecule has 0 aromatic carbocycles. The van der Waals surface area contributed by atoms with Crippen LogP contribution < -0.4 is 5.32 Å². The highest BCUT2D eigenvalue weighted by molar-refractivity contribution is 7.09. The lowest BCUT2D eigenvalue weighted by molar-refractivity contribution is -0.150. The maximum atomic E-state index is 12.3. The minimum Gasteiger partial charge on any atom is -0.343 e. The normalized spacial score (nSPS) is 23.9. The van der Waals surface area contributed by atoms with Crippen molar-refractivity contribution in [3.05, 3.63) is 22.4 Å². The summed E-state index contributed by atoms with van der Waals surface area (Å²) < 4.78 is 0. The Balaban J connectivity index is 2.11. The first-order chi connectivity index (χ1) is 9.00. The first-order valence-corrected chi connectivity index (χ1v) is 7.52. The lowest BCUT2D eigenvalue weighted by atomic mass is 9.97. The number of nitrogens with one attached hydrogen (secondary N) is 1. The van der Waals surface area contributed by atoms with E-state index in [0.29, 0.717) is 6.54 Å². The lowest BCUT2D eigenvalue weighted by Gasteiger charge is -2.39. The fraction of sp³-hybridized carbons (Fsp3) is 0.571. The van der Waals surface area contributed by atoms with Crippen LogP contribution in [0.15, 0.2) is 17.5 Å². The van der Waals surface area contributed by atoms with Crippen molar-refractivity contribution in [2.45, 2.75) is 39.3 Å². The molecule has 1 aromatic heterocycles. The summed E-state index contributed by atoms with van der Waals surface area (Å²) in [6.07, 6.45) is 0.812. The molecule has 0 saturated carbocycles. The van der Waals surface area contributed by atoms with Gasteiger partial charge >= 0.3 is 0 Å². The molecule has 2 amide bonds. The topological polar surface area (TPSA) is 49.4 Å². The van der Waals surface area contributed by atoms with Crippen LogP contribution in [0.3, 0.4) is 0 Å². The summed E-state index contributed by atoms with van der Waals surface area (Å²) in [5.41, 5.74) is 0. The van der Waals surface area contributed by atoms with E-state index in [0.717, 1.165) is 6.42 Å². The molecule has 19 heavy (non-hydrogen) atoms. The van der Waals surface area contributed by atoms with Gasteiger partial charge in [0.05, 0.1) is 0 Å². The highest BCUT2D eigenvalue weighted by Crippen LogP contribution is 2.19. The van der Waals surface area contributed by atoms with Gasteiger partial charge in [0, 0.05) is 11.4 Å². The van der Waals surface area contributed by atoms with E-state index in [2.05, 4.69) is 11.4 Å². The van der Waals surface area contributed by atoms with Gasteiger partial charge in [-0.15, -0.1) is 11.3 Å². The van der Waals surface area contributed by atoms with E-state index in [-0.39, 0.29) is 23.8 Å². The van der Waals surface area contributed by atoms with Crippen LogP contribution >= 0.6 is 11.3 Å². The fourth-order valence-corrected chi connectivity index (χ4v) is 3.18. The minimum atomic E-state index is -0.411. The third-order valence-electron chi connectivity index (χ3n) is 3.43. The van der Waals surface area contributed by atoms with E-state index in [4.69, 9.17) is 0 Å². The molecule has 1 saturated heterocycles. The molecule has 5 heteroatoms. The van der Waals surface area contributed by atoms with Crippen LogP contribution in [0.2, 0.25) is 0 Å². The van der Waals surface area contributed by atoms with Gasteiger partial charge in [0.1, 0.15) is 12.1 Å². The van der Waals surface area contributed by atoms with Gasteiger partial charge in [0.15, 0.2) is 0 Å². The summed E-state index contributed by atoms with van der Waals surface area (Å²) in [6.45, 7) is 6.31. The number of thiophene rings is 1. The summed E-state index contributed by atoms with van der Waals surface area (Å²) in [5.74, 6) is 0.114. The molecule has 0 spiro atoms. The molecule has 0 bridgehead atoms. The van der Waals surface area contributed by atoms with Crippen LogP contribution in [0.1, 0.15) is 25.6 Å². The van der Waals surface area contributed by atoms with Crippen LogP contribution in [0.25, 0.3) is 0 Å². The molecule has 2 atom stereocenters.